The molecule has 0 unspecified atom stereocenters. The van der Waals surface area contributed by atoms with Crippen molar-refractivity contribution in [2.75, 3.05) is 5.32 Å². The van der Waals surface area contributed by atoms with Crippen LogP contribution in [-0.2, 0) is 4.79 Å². The zero-order chi connectivity index (χ0) is 18.7. The van der Waals surface area contributed by atoms with E-state index < -0.39 is 0 Å². The Labute approximate surface area is 167 Å². The number of nitrogens with one attached hydrogen (secondary N) is 1. The molecule has 4 aliphatic carbocycles. The van der Waals surface area contributed by atoms with Crippen molar-refractivity contribution in [3.8, 4) is 10.6 Å². The van der Waals surface area contributed by atoms with Gasteiger partial charge >= 0.3 is 0 Å². The van der Waals surface area contributed by atoms with Gasteiger partial charge in [-0.05, 0) is 73.8 Å². The number of amides is 1. The summed E-state index contributed by atoms with van der Waals surface area (Å²) in [6, 6.07) is 7.95. The molecule has 0 radical (unpaired) electrons. The van der Waals surface area contributed by atoms with E-state index in [0.717, 1.165) is 39.0 Å². The van der Waals surface area contributed by atoms with Crippen molar-refractivity contribution in [1.29, 1.82) is 0 Å². The highest BCUT2D eigenvalue weighted by Crippen LogP contribution is 2.61. The van der Waals surface area contributed by atoms with Crippen LogP contribution in [0.15, 0.2) is 30.6 Å². The van der Waals surface area contributed by atoms with Crippen LogP contribution < -0.4 is 5.32 Å². The first-order chi connectivity index (χ1) is 13.6. The lowest BCUT2D eigenvalue weighted by atomic mass is 9.49. The molecule has 144 valence electrons. The zero-order valence-electron chi connectivity index (χ0n) is 15.7. The Morgan fingerprint density at radius 3 is 2.64 bits per heavy atom. The molecular weight excluding hydrogens is 370 g/mol. The molecule has 0 atom stereocenters. The number of carbonyl (C=O) groups is 1. The van der Waals surface area contributed by atoms with E-state index in [1.807, 2.05) is 24.3 Å². The fraction of sp³-hybridized carbons (Fsp3) is 0.524. The van der Waals surface area contributed by atoms with Crippen molar-refractivity contribution < 1.29 is 4.79 Å². The van der Waals surface area contributed by atoms with Gasteiger partial charge < -0.3 is 5.32 Å². The quantitative estimate of drug-likeness (QED) is 0.713. The van der Waals surface area contributed by atoms with E-state index >= 15 is 0 Å². The van der Waals surface area contributed by atoms with Gasteiger partial charge in [-0.25, -0.2) is 0 Å². The average Bonchev–Trinajstić information content (AvgIpc) is 3.22. The third-order valence-corrected chi connectivity index (χ3v) is 7.94. The van der Waals surface area contributed by atoms with Gasteiger partial charge in [-0.1, -0.05) is 23.5 Å². The molecule has 4 bridgehead atoms. The monoisotopic (exact) mass is 393 g/mol. The Kier molecular flexibility index (Phi) is 3.63. The zero-order valence-corrected chi connectivity index (χ0v) is 16.5. The van der Waals surface area contributed by atoms with Crippen LogP contribution >= 0.6 is 11.3 Å². The number of hydrogen-bond donors (Lipinski definition) is 1. The lowest BCUT2D eigenvalue weighted by Gasteiger charge is -2.56. The largest absolute Gasteiger partial charge is 0.326 e. The van der Waals surface area contributed by atoms with E-state index in [4.69, 9.17) is 0 Å². The Morgan fingerprint density at radius 1 is 1.18 bits per heavy atom. The first-order valence-corrected chi connectivity index (χ1v) is 11.0. The van der Waals surface area contributed by atoms with Crippen LogP contribution in [0.5, 0.6) is 0 Å². The molecular formula is C21H23N5OS. The van der Waals surface area contributed by atoms with Gasteiger partial charge in [-0.3, -0.25) is 4.79 Å². The molecule has 1 aromatic carbocycles. The first-order valence-electron chi connectivity index (χ1n) is 10.2. The average molecular weight is 394 g/mol. The predicted molar refractivity (Wildman–Crippen MR) is 108 cm³/mol. The van der Waals surface area contributed by atoms with E-state index in [9.17, 15) is 4.79 Å². The van der Waals surface area contributed by atoms with Crippen LogP contribution in [0.25, 0.3) is 15.5 Å². The molecule has 7 rings (SSSR count). The molecule has 4 saturated carbocycles. The SMILES string of the molecule is O=C(CC12CC3CC(CC(C3)C1)C2)Nc1cccc(-c2nn3cnnc3s2)c1. The highest BCUT2D eigenvalue weighted by Gasteiger charge is 2.51. The Balaban J connectivity index is 1.19. The van der Waals surface area contributed by atoms with E-state index in [1.54, 1.807) is 10.8 Å². The summed E-state index contributed by atoms with van der Waals surface area (Å²) in [4.78, 5) is 13.7. The minimum Gasteiger partial charge on any atom is -0.326 e. The molecule has 4 aliphatic rings. The molecule has 0 saturated heterocycles. The van der Waals surface area contributed by atoms with Crippen LogP contribution in [0.2, 0.25) is 0 Å². The first kappa shape index (κ1) is 16.7. The molecule has 1 amide bonds. The molecule has 7 heteroatoms. The molecule has 28 heavy (non-hydrogen) atoms. The van der Waals surface area contributed by atoms with Gasteiger partial charge in [0.1, 0.15) is 11.3 Å². The van der Waals surface area contributed by atoms with Gasteiger partial charge in [0.05, 0.1) is 0 Å². The molecule has 6 nitrogen and oxygen atoms in total. The van der Waals surface area contributed by atoms with Gasteiger partial charge in [0.2, 0.25) is 10.9 Å². The van der Waals surface area contributed by atoms with E-state index in [-0.39, 0.29) is 11.3 Å². The van der Waals surface area contributed by atoms with E-state index in [0.29, 0.717) is 6.42 Å². The second kappa shape index (κ2) is 6.11. The van der Waals surface area contributed by atoms with Crippen molar-refractivity contribution in [2.45, 2.75) is 44.9 Å². The third kappa shape index (κ3) is 2.83. The fourth-order valence-corrected chi connectivity index (χ4v) is 7.27. The van der Waals surface area contributed by atoms with Crippen LogP contribution in [-0.4, -0.2) is 25.7 Å². The van der Waals surface area contributed by atoms with Gasteiger partial charge in [0, 0.05) is 17.7 Å². The smallest absolute Gasteiger partial charge is 0.234 e. The summed E-state index contributed by atoms with van der Waals surface area (Å²) < 4.78 is 1.68. The molecule has 1 N–H and O–H groups in total. The van der Waals surface area contributed by atoms with Crippen LogP contribution in [0.3, 0.4) is 0 Å². The molecule has 0 aliphatic heterocycles. The number of anilines is 1. The summed E-state index contributed by atoms with van der Waals surface area (Å²) in [6.07, 6.45) is 10.3. The summed E-state index contributed by atoms with van der Waals surface area (Å²) in [7, 11) is 0. The summed E-state index contributed by atoms with van der Waals surface area (Å²) >= 11 is 1.49. The van der Waals surface area contributed by atoms with Crippen LogP contribution in [0.4, 0.5) is 5.69 Å². The Morgan fingerprint density at radius 2 is 1.93 bits per heavy atom. The number of benzene rings is 1. The second-order valence-electron chi connectivity index (χ2n) is 9.19. The normalized spacial score (nSPS) is 30.8. The minimum absolute atomic E-state index is 0.164. The van der Waals surface area contributed by atoms with Crippen LogP contribution in [0, 0.1) is 23.2 Å². The van der Waals surface area contributed by atoms with Crippen molar-refractivity contribution in [1.82, 2.24) is 19.8 Å². The fourth-order valence-electron chi connectivity index (χ4n) is 6.46. The minimum atomic E-state index is 0.164. The third-order valence-electron chi connectivity index (χ3n) is 6.98. The number of nitrogens with zero attached hydrogens (tertiary/aromatic N) is 4. The molecule has 0 spiro atoms. The van der Waals surface area contributed by atoms with Crippen LogP contribution in [0.1, 0.15) is 44.9 Å². The maximum absolute atomic E-state index is 12.9. The van der Waals surface area contributed by atoms with Crippen molar-refractivity contribution in [2.24, 2.45) is 23.2 Å². The summed E-state index contributed by atoms with van der Waals surface area (Å²) in [5, 5.41) is 16.4. The lowest BCUT2D eigenvalue weighted by Crippen LogP contribution is -2.47. The number of carbonyl (C=O) groups excluding carboxylic acids is 1. The van der Waals surface area contributed by atoms with Crippen molar-refractivity contribution in [3.05, 3.63) is 30.6 Å². The predicted octanol–water partition coefficient (Wildman–Crippen LogP) is 4.40. The number of hydrogen-bond acceptors (Lipinski definition) is 5. The standard InChI is InChI=1S/C21H23N5OS/c27-18(11-21-8-13-4-14(9-21)6-15(5-13)10-21)23-17-3-1-2-16(7-17)19-25-26-12-22-24-20(26)28-19/h1-3,7,12-15H,4-6,8-11H2,(H,23,27). The summed E-state index contributed by atoms with van der Waals surface area (Å²) in [6.45, 7) is 0. The molecule has 4 fully saturated rings. The molecule has 2 heterocycles. The Hall–Kier alpha value is -2.28. The maximum Gasteiger partial charge on any atom is 0.234 e. The van der Waals surface area contributed by atoms with Gasteiger partial charge in [0.25, 0.3) is 0 Å². The summed E-state index contributed by atoms with van der Waals surface area (Å²) in [5.74, 6) is 2.79. The van der Waals surface area contributed by atoms with Crippen molar-refractivity contribution >= 4 is 27.9 Å². The van der Waals surface area contributed by atoms with E-state index in [1.165, 1.54) is 49.9 Å². The highest BCUT2D eigenvalue weighted by molar-refractivity contribution is 7.19. The number of aromatic nitrogens is 4. The van der Waals surface area contributed by atoms with Gasteiger partial charge in [0.15, 0.2) is 0 Å². The number of fused-ring (bicyclic) bond motifs is 1. The lowest BCUT2D eigenvalue weighted by molar-refractivity contribution is -0.124. The second-order valence-corrected chi connectivity index (χ2v) is 10.1. The molecule has 2 aromatic heterocycles. The van der Waals surface area contributed by atoms with Crippen molar-refractivity contribution in [3.63, 3.8) is 0 Å². The van der Waals surface area contributed by atoms with Gasteiger partial charge in [-0.15, -0.1) is 10.2 Å². The maximum atomic E-state index is 12.9. The molecule has 3 aromatic rings. The summed E-state index contributed by atoms with van der Waals surface area (Å²) in [5.41, 5.74) is 2.10. The van der Waals surface area contributed by atoms with E-state index in [2.05, 4.69) is 20.6 Å². The van der Waals surface area contributed by atoms with Gasteiger partial charge in [-0.2, -0.15) is 9.61 Å². The Bertz CT molecular complexity index is 990. The topological polar surface area (TPSA) is 72.2 Å². The number of rotatable bonds is 4. The highest BCUT2D eigenvalue weighted by atomic mass is 32.1.